The van der Waals surface area contributed by atoms with Crippen molar-refractivity contribution in [3.05, 3.63) is 119 Å². The van der Waals surface area contributed by atoms with Gasteiger partial charge in [-0.05, 0) is 47.5 Å². The van der Waals surface area contributed by atoms with E-state index in [0.717, 1.165) is 29.2 Å². The molecule has 1 heterocycles. The lowest BCUT2D eigenvalue weighted by atomic mass is 10.2. The van der Waals surface area contributed by atoms with Crippen LogP contribution in [0.25, 0.3) is 12.2 Å². The summed E-state index contributed by atoms with van der Waals surface area (Å²) in [6.07, 6.45) is 6.51. The number of anilines is 1. The van der Waals surface area contributed by atoms with Gasteiger partial charge in [-0.15, -0.1) is 0 Å². The summed E-state index contributed by atoms with van der Waals surface area (Å²) >= 11 is 0. The Morgan fingerprint density at radius 3 is 1.71 bits per heavy atom. The van der Waals surface area contributed by atoms with Crippen LogP contribution in [0.4, 0.5) is 40.8 Å². The van der Waals surface area contributed by atoms with Crippen molar-refractivity contribution in [2.45, 2.75) is 19.8 Å². The van der Waals surface area contributed by atoms with Gasteiger partial charge in [0.05, 0.1) is 18.4 Å². The van der Waals surface area contributed by atoms with E-state index in [-0.39, 0.29) is 23.3 Å². The third-order valence-electron chi connectivity index (χ3n) is 5.90. The number of halogens is 8. The molecule has 0 aliphatic heterocycles. The Morgan fingerprint density at radius 1 is 0.756 bits per heavy atom. The second-order valence-electron chi connectivity index (χ2n) is 8.92. The highest BCUT2D eigenvalue weighted by Crippen LogP contribution is 2.23. The van der Waals surface area contributed by atoms with Gasteiger partial charge in [0.15, 0.2) is 17.5 Å². The van der Waals surface area contributed by atoms with Crippen LogP contribution in [-0.4, -0.2) is 34.8 Å². The molecule has 0 N–H and O–H groups in total. The highest BCUT2D eigenvalue weighted by atomic mass is 19.3. The van der Waals surface area contributed by atoms with E-state index in [1.165, 1.54) is 60.7 Å². The molecule has 7 nitrogen and oxygen atoms in total. The van der Waals surface area contributed by atoms with Gasteiger partial charge in [-0.2, -0.15) is 22.7 Å². The van der Waals surface area contributed by atoms with Crippen LogP contribution in [-0.2, 0) is 16.1 Å². The Bertz CT molecular complexity index is 1650. The zero-order valence-electron chi connectivity index (χ0n) is 22.5. The van der Waals surface area contributed by atoms with Crippen LogP contribution in [0.5, 0.6) is 11.5 Å². The summed E-state index contributed by atoms with van der Waals surface area (Å²) in [6.45, 7) is -6.82. The van der Waals surface area contributed by atoms with E-state index in [1.807, 2.05) is 0 Å². The van der Waals surface area contributed by atoms with Gasteiger partial charge in [0, 0.05) is 30.0 Å². The first-order chi connectivity index (χ1) is 21.4. The van der Waals surface area contributed by atoms with Gasteiger partial charge in [-0.3, -0.25) is 14.3 Å². The molecule has 0 aliphatic rings. The van der Waals surface area contributed by atoms with Crippen molar-refractivity contribution < 1.29 is 54.2 Å². The number of imide groups is 1. The third-order valence-corrected chi connectivity index (χ3v) is 5.90. The van der Waals surface area contributed by atoms with Crippen LogP contribution >= 0.6 is 0 Å². The predicted molar refractivity (Wildman–Crippen MR) is 144 cm³/mol. The molecule has 1 aromatic heterocycles. The van der Waals surface area contributed by atoms with Gasteiger partial charge >= 0.3 is 13.2 Å². The molecule has 0 saturated heterocycles. The van der Waals surface area contributed by atoms with Gasteiger partial charge in [0.25, 0.3) is 11.8 Å². The Balaban J connectivity index is 1.60. The summed E-state index contributed by atoms with van der Waals surface area (Å²) in [5, 5.41) is 3.86. The molecule has 234 valence electrons. The summed E-state index contributed by atoms with van der Waals surface area (Å²) in [5.41, 5.74) is -0.340. The number of hydrogen-bond donors (Lipinski definition) is 0. The standard InChI is InChI=1S/C30H19F8N3O4/c31-23-13-24(32)28(34)27(33)22(23)16-40-15-19(14-39-40)41(25(42)11-5-17-1-7-20(8-2-17)44-29(35)36)26(43)12-6-18-3-9-21(10-4-18)45-30(37)38/h1-15,29-30H,16H2. The van der Waals surface area contributed by atoms with Crippen molar-refractivity contribution in [1.82, 2.24) is 9.78 Å². The Morgan fingerprint density at radius 2 is 1.24 bits per heavy atom. The van der Waals surface area contributed by atoms with Crippen molar-refractivity contribution >= 4 is 29.7 Å². The van der Waals surface area contributed by atoms with Crippen molar-refractivity contribution in [3.8, 4) is 11.5 Å². The van der Waals surface area contributed by atoms with E-state index in [4.69, 9.17) is 0 Å². The second kappa shape index (κ2) is 14.3. The number of nitrogens with zero attached hydrogens (tertiary/aromatic N) is 3. The smallest absolute Gasteiger partial charge is 0.387 e. The molecule has 2 amide bonds. The fraction of sp³-hybridized carbons (Fsp3) is 0.100. The maximum absolute atomic E-state index is 14.2. The van der Waals surface area contributed by atoms with E-state index in [9.17, 15) is 44.7 Å². The molecule has 45 heavy (non-hydrogen) atoms. The fourth-order valence-corrected chi connectivity index (χ4v) is 3.83. The number of carbonyl (C=O) groups excluding carboxylic acids is 2. The highest BCUT2D eigenvalue weighted by molar-refractivity contribution is 6.23. The van der Waals surface area contributed by atoms with Gasteiger partial charge in [-0.25, -0.2) is 22.5 Å². The number of alkyl halides is 4. The Kier molecular flexibility index (Phi) is 10.3. The van der Waals surface area contributed by atoms with Crippen LogP contribution in [0.2, 0.25) is 0 Å². The minimum Gasteiger partial charge on any atom is -0.435 e. The van der Waals surface area contributed by atoms with Crippen LogP contribution in [0.15, 0.2) is 79.1 Å². The summed E-state index contributed by atoms with van der Waals surface area (Å²) in [5.74, 6) is -8.96. The van der Waals surface area contributed by atoms with Crippen molar-refractivity contribution in [3.63, 3.8) is 0 Å². The molecule has 4 rings (SSSR count). The van der Waals surface area contributed by atoms with Crippen molar-refractivity contribution in [2.24, 2.45) is 0 Å². The van der Waals surface area contributed by atoms with Crippen LogP contribution in [0.1, 0.15) is 16.7 Å². The average molecular weight is 637 g/mol. The van der Waals surface area contributed by atoms with Crippen LogP contribution in [0, 0.1) is 23.3 Å². The number of ether oxygens (including phenoxy) is 2. The Hall–Kier alpha value is -5.47. The highest BCUT2D eigenvalue weighted by Gasteiger charge is 2.23. The van der Waals surface area contributed by atoms with E-state index < -0.39 is 60.4 Å². The number of rotatable bonds is 11. The maximum atomic E-state index is 14.2. The number of carbonyl (C=O) groups is 2. The lowest BCUT2D eigenvalue weighted by molar-refractivity contribution is -0.121. The molecule has 3 aromatic carbocycles. The first-order valence-electron chi connectivity index (χ1n) is 12.6. The maximum Gasteiger partial charge on any atom is 0.387 e. The van der Waals surface area contributed by atoms with Crippen molar-refractivity contribution in [1.29, 1.82) is 0 Å². The monoisotopic (exact) mass is 637 g/mol. The zero-order chi connectivity index (χ0) is 32.7. The van der Waals surface area contributed by atoms with Crippen LogP contribution < -0.4 is 14.4 Å². The summed E-state index contributed by atoms with van der Waals surface area (Å²) in [6, 6.07) is 10.5. The number of benzene rings is 3. The average Bonchev–Trinajstić information content (AvgIpc) is 3.45. The largest absolute Gasteiger partial charge is 0.435 e. The number of hydrogen-bond acceptors (Lipinski definition) is 5. The van der Waals surface area contributed by atoms with Gasteiger partial charge in [-0.1, -0.05) is 24.3 Å². The quantitative estimate of drug-likeness (QED) is 0.0769. The molecule has 0 radical (unpaired) electrons. The molecule has 0 saturated carbocycles. The molecular weight excluding hydrogens is 618 g/mol. The normalized spacial score (nSPS) is 11.6. The summed E-state index contributed by atoms with van der Waals surface area (Å²) in [7, 11) is 0. The first kappa shape index (κ1) is 32.4. The fourth-order valence-electron chi connectivity index (χ4n) is 3.83. The molecule has 0 unspecified atom stereocenters. The van der Waals surface area contributed by atoms with E-state index in [1.54, 1.807) is 0 Å². The molecule has 0 bridgehead atoms. The zero-order valence-corrected chi connectivity index (χ0v) is 22.5. The van der Waals surface area contributed by atoms with Crippen molar-refractivity contribution in [2.75, 3.05) is 4.90 Å². The lowest BCUT2D eigenvalue weighted by Gasteiger charge is -2.15. The number of amides is 2. The second-order valence-corrected chi connectivity index (χ2v) is 8.92. The van der Waals surface area contributed by atoms with Crippen LogP contribution in [0.3, 0.4) is 0 Å². The molecule has 15 heteroatoms. The summed E-state index contributed by atoms with van der Waals surface area (Å²) < 4.78 is 114. The van der Waals surface area contributed by atoms with Gasteiger partial charge in [0.1, 0.15) is 17.3 Å². The molecule has 0 fully saturated rings. The van der Waals surface area contributed by atoms with Gasteiger partial charge < -0.3 is 9.47 Å². The number of aromatic nitrogens is 2. The third kappa shape index (κ3) is 8.55. The predicted octanol–water partition coefficient (Wildman–Crippen LogP) is 6.98. The minimum atomic E-state index is -3.04. The van der Waals surface area contributed by atoms with E-state index in [2.05, 4.69) is 14.6 Å². The molecular formula is C30H19F8N3O4. The topological polar surface area (TPSA) is 73.7 Å². The molecule has 0 spiro atoms. The molecule has 0 aliphatic carbocycles. The van der Waals surface area contributed by atoms with E-state index >= 15 is 0 Å². The van der Waals surface area contributed by atoms with Gasteiger partial charge in [0.2, 0.25) is 0 Å². The first-order valence-corrected chi connectivity index (χ1v) is 12.6. The Labute approximate surface area is 249 Å². The summed E-state index contributed by atoms with van der Waals surface area (Å²) in [4.78, 5) is 27.0. The molecule has 4 aromatic rings. The minimum absolute atomic E-state index is 0.134. The molecule has 0 atom stereocenters. The van der Waals surface area contributed by atoms with E-state index in [0.29, 0.717) is 16.0 Å². The SMILES string of the molecule is O=C(C=Cc1ccc(OC(F)F)cc1)N(C(=O)C=Cc1ccc(OC(F)F)cc1)c1cnn(Cc2c(F)cc(F)c(F)c2F)c1. The lowest BCUT2D eigenvalue weighted by Crippen LogP contribution is -2.34.